The van der Waals surface area contributed by atoms with Crippen LogP contribution in [0.3, 0.4) is 0 Å². The van der Waals surface area contributed by atoms with Crippen molar-refractivity contribution in [1.29, 1.82) is 0 Å². The summed E-state index contributed by atoms with van der Waals surface area (Å²) in [6.45, 7) is 0.441. The number of fused-ring (bicyclic) bond motifs is 1. The lowest BCUT2D eigenvalue weighted by atomic mass is 10.2. The normalized spacial score (nSPS) is 10.8. The molecular formula is C27H22N4O2S. The molecule has 3 heterocycles. The second-order valence-corrected chi connectivity index (χ2v) is 8.61. The largest absolute Gasteiger partial charge is 0.473 e. The van der Waals surface area contributed by atoms with Crippen molar-refractivity contribution in [1.82, 2.24) is 14.4 Å². The molecule has 0 saturated carbocycles. The van der Waals surface area contributed by atoms with E-state index in [1.165, 1.54) is 0 Å². The lowest BCUT2D eigenvalue weighted by molar-refractivity contribution is 0.102. The highest BCUT2D eigenvalue weighted by molar-refractivity contribution is 7.98. The maximum atomic E-state index is 13.0. The molecular weight excluding hydrogens is 444 g/mol. The molecule has 0 radical (unpaired) electrons. The number of hydrogen-bond donors (Lipinski definition) is 1. The molecule has 1 amide bonds. The van der Waals surface area contributed by atoms with Gasteiger partial charge in [0.1, 0.15) is 12.3 Å². The molecule has 0 spiro atoms. The molecule has 0 aliphatic rings. The number of ether oxygens (including phenoxy) is 1. The van der Waals surface area contributed by atoms with Crippen LogP contribution in [0, 0.1) is 0 Å². The van der Waals surface area contributed by atoms with Gasteiger partial charge < -0.3 is 14.5 Å². The van der Waals surface area contributed by atoms with E-state index in [2.05, 4.69) is 15.3 Å². The summed E-state index contributed by atoms with van der Waals surface area (Å²) in [4.78, 5) is 22.8. The summed E-state index contributed by atoms with van der Waals surface area (Å²) in [6, 6.07) is 26.9. The third kappa shape index (κ3) is 5.27. The first kappa shape index (κ1) is 21.7. The molecule has 5 aromatic rings. The minimum Gasteiger partial charge on any atom is -0.473 e. The Kier molecular flexibility index (Phi) is 6.54. The summed E-state index contributed by atoms with van der Waals surface area (Å²) in [5, 5.41) is 2.93. The summed E-state index contributed by atoms with van der Waals surface area (Å²) < 4.78 is 7.71. The van der Waals surface area contributed by atoms with Crippen LogP contribution in [0.1, 0.15) is 21.6 Å². The summed E-state index contributed by atoms with van der Waals surface area (Å²) in [6.07, 6.45) is 5.59. The number of rotatable bonds is 8. The molecule has 0 saturated heterocycles. The van der Waals surface area contributed by atoms with E-state index in [9.17, 15) is 4.79 Å². The number of benzene rings is 2. The molecule has 6 nitrogen and oxygen atoms in total. The molecule has 0 unspecified atom stereocenters. The van der Waals surface area contributed by atoms with Gasteiger partial charge in [0.15, 0.2) is 0 Å². The first-order valence-corrected chi connectivity index (χ1v) is 11.8. The molecule has 7 heteroatoms. The van der Waals surface area contributed by atoms with Crippen LogP contribution in [-0.4, -0.2) is 20.3 Å². The van der Waals surface area contributed by atoms with Gasteiger partial charge in [-0.2, -0.15) is 0 Å². The minimum atomic E-state index is -0.183. The number of carbonyl (C=O) groups is 1. The Morgan fingerprint density at radius 1 is 0.941 bits per heavy atom. The second-order valence-electron chi connectivity index (χ2n) is 7.60. The zero-order chi connectivity index (χ0) is 23.2. The fourth-order valence-corrected chi connectivity index (χ4v) is 4.39. The number of hydrogen-bond acceptors (Lipinski definition) is 5. The zero-order valence-electron chi connectivity index (χ0n) is 18.3. The van der Waals surface area contributed by atoms with Crippen molar-refractivity contribution in [3.8, 4) is 5.88 Å². The highest BCUT2D eigenvalue weighted by Gasteiger charge is 2.13. The van der Waals surface area contributed by atoms with Crippen molar-refractivity contribution in [2.24, 2.45) is 0 Å². The molecule has 34 heavy (non-hydrogen) atoms. The van der Waals surface area contributed by atoms with E-state index in [4.69, 9.17) is 4.74 Å². The molecule has 0 aliphatic carbocycles. The number of aromatic nitrogens is 3. The van der Waals surface area contributed by atoms with E-state index in [1.54, 1.807) is 30.1 Å². The molecule has 2 aromatic carbocycles. The summed E-state index contributed by atoms with van der Waals surface area (Å²) in [7, 11) is 0. The van der Waals surface area contributed by atoms with Crippen LogP contribution in [-0.2, 0) is 12.4 Å². The molecule has 0 fully saturated rings. The summed E-state index contributed by atoms with van der Waals surface area (Å²) >= 11 is 1.59. The minimum absolute atomic E-state index is 0.183. The van der Waals surface area contributed by atoms with Crippen LogP contribution in [0.4, 0.5) is 5.69 Å². The predicted molar refractivity (Wildman–Crippen MR) is 134 cm³/mol. The van der Waals surface area contributed by atoms with E-state index in [0.717, 1.165) is 21.8 Å². The number of carbonyl (C=O) groups excluding carboxylic acids is 1. The van der Waals surface area contributed by atoms with Crippen molar-refractivity contribution in [2.45, 2.75) is 17.3 Å². The Labute approximate surface area is 201 Å². The number of thioether (sulfide) groups is 1. The third-order valence-electron chi connectivity index (χ3n) is 5.14. The van der Waals surface area contributed by atoms with Gasteiger partial charge in [-0.3, -0.25) is 4.79 Å². The fourth-order valence-electron chi connectivity index (χ4n) is 3.46. The van der Waals surface area contributed by atoms with Crippen molar-refractivity contribution in [3.05, 3.63) is 120 Å². The highest BCUT2D eigenvalue weighted by Crippen LogP contribution is 2.27. The predicted octanol–water partition coefficient (Wildman–Crippen LogP) is 5.85. The lowest BCUT2D eigenvalue weighted by Gasteiger charge is -2.10. The van der Waals surface area contributed by atoms with Gasteiger partial charge in [0.05, 0.1) is 23.1 Å². The van der Waals surface area contributed by atoms with Gasteiger partial charge in [-0.05, 0) is 35.9 Å². The monoisotopic (exact) mass is 466 g/mol. The Hall–Kier alpha value is -4.10. The molecule has 0 bridgehead atoms. The zero-order valence-corrected chi connectivity index (χ0v) is 19.1. The number of nitrogens with one attached hydrogen (secondary N) is 1. The Balaban J connectivity index is 1.21. The van der Waals surface area contributed by atoms with Crippen molar-refractivity contribution in [3.63, 3.8) is 0 Å². The van der Waals surface area contributed by atoms with Gasteiger partial charge in [0.2, 0.25) is 5.88 Å². The molecule has 0 aliphatic heterocycles. The summed E-state index contributed by atoms with van der Waals surface area (Å²) in [5.41, 5.74) is 4.16. The number of pyridine rings is 2. The first-order valence-electron chi connectivity index (χ1n) is 10.8. The maximum absolute atomic E-state index is 13.0. The van der Waals surface area contributed by atoms with Crippen LogP contribution < -0.4 is 10.1 Å². The van der Waals surface area contributed by atoms with E-state index in [0.29, 0.717) is 29.5 Å². The SMILES string of the molecule is O=C(Nc1ccc(OCc2ccccc2)nc1)c1ccccc1SCc1cn2ccccc2n1. The maximum Gasteiger partial charge on any atom is 0.256 e. The van der Waals surface area contributed by atoms with Crippen LogP contribution in [0.2, 0.25) is 0 Å². The van der Waals surface area contributed by atoms with Crippen molar-refractivity contribution < 1.29 is 9.53 Å². The van der Waals surface area contributed by atoms with Gasteiger partial charge in [-0.15, -0.1) is 11.8 Å². The number of amides is 1. The Morgan fingerprint density at radius 3 is 2.59 bits per heavy atom. The lowest BCUT2D eigenvalue weighted by Crippen LogP contribution is -2.13. The average molecular weight is 467 g/mol. The van der Waals surface area contributed by atoms with Gasteiger partial charge in [0, 0.05) is 29.1 Å². The third-order valence-corrected chi connectivity index (χ3v) is 6.25. The Bertz CT molecular complexity index is 1370. The fraction of sp³-hybridized carbons (Fsp3) is 0.0741. The van der Waals surface area contributed by atoms with E-state index in [1.807, 2.05) is 89.6 Å². The van der Waals surface area contributed by atoms with Crippen molar-refractivity contribution in [2.75, 3.05) is 5.32 Å². The van der Waals surface area contributed by atoms with Crippen LogP contribution in [0.5, 0.6) is 5.88 Å². The van der Waals surface area contributed by atoms with E-state index >= 15 is 0 Å². The summed E-state index contributed by atoms with van der Waals surface area (Å²) in [5.74, 6) is 0.990. The topological polar surface area (TPSA) is 68.5 Å². The standard InChI is InChI=1S/C27H22N4O2S/c32-27(30-21-13-14-26(28-16-21)33-18-20-8-2-1-3-9-20)23-10-4-5-11-24(23)34-19-22-17-31-15-7-6-12-25(31)29-22/h1-17H,18-19H2,(H,30,32). The molecule has 168 valence electrons. The molecule has 5 rings (SSSR count). The average Bonchev–Trinajstić information content (AvgIpc) is 3.31. The number of imidazole rings is 1. The van der Waals surface area contributed by atoms with E-state index in [-0.39, 0.29) is 5.91 Å². The van der Waals surface area contributed by atoms with Gasteiger partial charge >= 0.3 is 0 Å². The molecule has 3 aromatic heterocycles. The molecule has 0 atom stereocenters. The van der Waals surface area contributed by atoms with Gasteiger partial charge in [-0.25, -0.2) is 9.97 Å². The number of anilines is 1. The van der Waals surface area contributed by atoms with E-state index < -0.39 is 0 Å². The van der Waals surface area contributed by atoms with Crippen LogP contribution >= 0.6 is 11.8 Å². The van der Waals surface area contributed by atoms with Crippen LogP contribution in [0.25, 0.3) is 5.65 Å². The molecule has 1 N–H and O–H groups in total. The number of nitrogens with zero attached hydrogens (tertiary/aromatic N) is 3. The first-order chi connectivity index (χ1) is 16.7. The quantitative estimate of drug-likeness (QED) is 0.290. The highest BCUT2D eigenvalue weighted by atomic mass is 32.2. The van der Waals surface area contributed by atoms with Gasteiger partial charge in [0.25, 0.3) is 5.91 Å². The van der Waals surface area contributed by atoms with Crippen molar-refractivity contribution >= 4 is 29.0 Å². The van der Waals surface area contributed by atoms with Crippen LogP contribution in [0.15, 0.2) is 108 Å². The van der Waals surface area contributed by atoms with Gasteiger partial charge in [-0.1, -0.05) is 48.5 Å². The smallest absolute Gasteiger partial charge is 0.256 e. The second kappa shape index (κ2) is 10.2. The Morgan fingerprint density at radius 2 is 1.76 bits per heavy atom.